The molecule has 0 amide bonds. The monoisotopic (exact) mass is 273 g/mol. The quantitative estimate of drug-likeness (QED) is 0.926. The largest absolute Gasteiger partial charge is 0.477 e. The number of hydrogen-bond acceptors (Lipinski definition) is 5. The lowest BCUT2D eigenvalue weighted by Crippen LogP contribution is -2.02. The van der Waals surface area contributed by atoms with Crippen LogP contribution in [0.3, 0.4) is 0 Å². The van der Waals surface area contributed by atoms with Crippen molar-refractivity contribution < 1.29 is 24.1 Å². The van der Waals surface area contributed by atoms with Crippen LogP contribution in [-0.2, 0) is 0 Å². The molecule has 0 bridgehead atoms. The lowest BCUT2D eigenvalue weighted by atomic mass is 10.2. The number of benzene rings is 1. The van der Waals surface area contributed by atoms with Gasteiger partial charge in [0.15, 0.2) is 11.5 Å². The fraction of sp³-hybridized carbons (Fsp3) is 0.143. The van der Waals surface area contributed by atoms with Crippen LogP contribution >= 0.6 is 0 Å². The third kappa shape index (κ3) is 2.23. The third-order valence-electron chi connectivity index (χ3n) is 2.79. The summed E-state index contributed by atoms with van der Waals surface area (Å²) in [5, 5.41) is 9.12. The maximum absolute atomic E-state index is 11.1. The van der Waals surface area contributed by atoms with Crippen molar-refractivity contribution in [1.29, 1.82) is 0 Å². The molecule has 6 nitrogen and oxygen atoms in total. The van der Waals surface area contributed by atoms with Crippen molar-refractivity contribution in [1.82, 2.24) is 4.98 Å². The summed E-state index contributed by atoms with van der Waals surface area (Å²) >= 11 is 0. The molecule has 1 aromatic carbocycles. The molecule has 20 heavy (non-hydrogen) atoms. The number of carboxylic acids is 1. The Hall–Kier alpha value is -2.76. The highest BCUT2D eigenvalue weighted by atomic mass is 16.7. The number of aryl methyl sites for hydroxylation is 1. The van der Waals surface area contributed by atoms with Crippen molar-refractivity contribution in [3.05, 3.63) is 41.6 Å². The van der Waals surface area contributed by atoms with Crippen LogP contribution in [-0.4, -0.2) is 22.9 Å². The molecule has 2 heterocycles. The molecule has 0 fully saturated rings. The van der Waals surface area contributed by atoms with Gasteiger partial charge < -0.3 is 19.3 Å². The van der Waals surface area contributed by atoms with Gasteiger partial charge in [-0.2, -0.15) is 0 Å². The Bertz CT molecular complexity index is 683. The van der Waals surface area contributed by atoms with Gasteiger partial charge in [-0.1, -0.05) is 0 Å². The summed E-state index contributed by atoms with van der Waals surface area (Å²) in [5.74, 6) is 0.597. The van der Waals surface area contributed by atoms with E-state index in [4.69, 9.17) is 19.3 Å². The van der Waals surface area contributed by atoms with Crippen molar-refractivity contribution in [2.24, 2.45) is 0 Å². The van der Waals surface area contributed by atoms with Gasteiger partial charge >= 0.3 is 5.97 Å². The topological polar surface area (TPSA) is 77.9 Å². The number of aromatic nitrogens is 1. The zero-order chi connectivity index (χ0) is 14.1. The van der Waals surface area contributed by atoms with Gasteiger partial charge in [0.05, 0.1) is 0 Å². The maximum Gasteiger partial charge on any atom is 0.341 e. The van der Waals surface area contributed by atoms with Crippen LogP contribution in [0.15, 0.2) is 30.3 Å². The molecule has 0 saturated heterocycles. The Labute approximate surface area is 114 Å². The van der Waals surface area contributed by atoms with E-state index >= 15 is 0 Å². The molecule has 0 atom stereocenters. The van der Waals surface area contributed by atoms with Crippen LogP contribution in [0.25, 0.3) is 0 Å². The first-order valence-electron chi connectivity index (χ1n) is 5.92. The average molecular weight is 273 g/mol. The Morgan fingerprint density at radius 3 is 2.85 bits per heavy atom. The maximum atomic E-state index is 11.1. The van der Waals surface area contributed by atoms with Gasteiger partial charge in [-0.05, 0) is 31.2 Å². The number of rotatable bonds is 3. The van der Waals surface area contributed by atoms with E-state index < -0.39 is 5.97 Å². The highest BCUT2D eigenvalue weighted by molar-refractivity contribution is 5.90. The molecule has 0 radical (unpaired) electrons. The minimum Gasteiger partial charge on any atom is -0.477 e. The third-order valence-corrected chi connectivity index (χ3v) is 2.79. The molecule has 1 aliphatic rings. The van der Waals surface area contributed by atoms with Crippen molar-refractivity contribution in [3.63, 3.8) is 0 Å². The second kappa shape index (κ2) is 4.73. The molecule has 0 spiro atoms. The Balaban J connectivity index is 1.95. The normalized spacial score (nSPS) is 12.2. The molecule has 0 saturated carbocycles. The average Bonchev–Trinajstić information content (AvgIpc) is 2.85. The molecular formula is C14H11NO5. The van der Waals surface area contributed by atoms with Gasteiger partial charge in [-0.25, -0.2) is 9.78 Å². The van der Waals surface area contributed by atoms with Gasteiger partial charge in [0.25, 0.3) is 0 Å². The smallest absolute Gasteiger partial charge is 0.341 e. The summed E-state index contributed by atoms with van der Waals surface area (Å²) < 4.78 is 16.0. The summed E-state index contributed by atoms with van der Waals surface area (Å²) in [4.78, 5) is 15.3. The number of nitrogens with zero attached hydrogens (tertiary/aromatic N) is 1. The fourth-order valence-electron chi connectivity index (χ4n) is 1.83. The highest BCUT2D eigenvalue weighted by Gasteiger charge is 2.17. The SMILES string of the molecule is Cc1ccc(C(=O)O)c(Oc2ccc3c(c2)OCO3)n1. The molecule has 1 N–H and O–H groups in total. The zero-order valence-corrected chi connectivity index (χ0v) is 10.6. The Morgan fingerprint density at radius 2 is 2.05 bits per heavy atom. The van der Waals surface area contributed by atoms with E-state index in [0.717, 1.165) is 0 Å². The summed E-state index contributed by atoms with van der Waals surface area (Å²) in [6.07, 6.45) is 0. The second-order valence-electron chi connectivity index (χ2n) is 4.23. The van der Waals surface area contributed by atoms with Crippen molar-refractivity contribution in [2.45, 2.75) is 6.92 Å². The van der Waals surface area contributed by atoms with Crippen LogP contribution < -0.4 is 14.2 Å². The standard InChI is InChI=1S/C14H11NO5/c1-8-2-4-10(14(16)17)13(15-8)20-9-3-5-11-12(6-9)19-7-18-11/h2-6H,7H2,1H3,(H,16,17). The molecule has 0 unspecified atom stereocenters. The summed E-state index contributed by atoms with van der Waals surface area (Å²) in [6, 6.07) is 8.10. The summed E-state index contributed by atoms with van der Waals surface area (Å²) in [6.45, 7) is 1.93. The van der Waals surface area contributed by atoms with Crippen LogP contribution in [0, 0.1) is 6.92 Å². The van der Waals surface area contributed by atoms with Crippen molar-refractivity contribution in [2.75, 3.05) is 6.79 Å². The number of fused-ring (bicyclic) bond motifs is 1. The Morgan fingerprint density at radius 1 is 1.25 bits per heavy atom. The molecule has 6 heteroatoms. The predicted molar refractivity (Wildman–Crippen MR) is 68.6 cm³/mol. The van der Waals surface area contributed by atoms with E-state index in [1.807, 2.05) is 0 Å². The van der Waals surface area contributed by atoms with E-state index in [9.17, 15) is 4.79 Å². The van der Waals surface area contributed by atoms with Gasteiger partial charge in [-0.15, -0.1) is 0 Å². The second-order valence-corrected chi connectivity index (χ2v) is 4.23. The molecule has 0 aliphatic carbocycles. The van der Waals surface area contributed by atoms with E-state index in [-0.39, 0.29) is 18.2 Å². The highest BCUT2D eigenvalue weighted by Crippen LogP contribution is 2.36. The molecule has 1 aromatic heterocycles. The van der Waals surface area contributed by atoms with Gasteiger partial charge in [0.1, 0.15) is 11.3 Å². The first-order chi connectivity index (χ1) is 9.63. The fourth-order valence-corrected chi connectivity index (χ4v) is 1.83. The van der Waals surface area contributed by atoms with E-state index in [2.05, 4.69) is 4.98 Å². The van der Waals surface area contributed by atoms with Crippen molar-refractivity contribution in [3.8, 4) is 23.1 Å². The number of pyridine rings is 1. The lowest BCUT2D eigenvalue weighted by molar-refractivity contribution is 0.0693. The van der Waals surface area contributed by atoms with Gasteiger partial charge in [-0.3, -0.25) is 0 Å². The first-order valence-corrected chi connectivity index (χ1v) is 5.92. The first kappa shape index (κ1) is 12.3. The van der Waals surface area contributed by atoms with E-state index in [0.29, 0.717) is 22.9 Å². The molecule has 1 aliphatic heterocycles. The summed E-state index contributed by atoms with van der Waals surface area (Å²) in [7, 11) is 0. The number of carboxylic acid groups (broad SMARTS) is 1. The van der Waals surface area contributed by atoms with Crippen LogP contribution in [0.2, 0.25) is 0 Å². The van der Waals surface area contributed by atoms with Gasteiger partial charge in [0, 0.05) is 11.8 Å². The van der Waals surface area contributed by atoms with Crippen molar-refractivity contribution >= 4 is 5.97 Å². The van der Waals surface area contributed by atoms with E-state index in [1.54, 1.807) is 31.2 Å². The number of ether oxygens (including phenoxy) is 3. The summed E-state index contributed by atoms with van der Waals surface area (Å²) in [5.41, 5.74) is 0.680. The Kier molecular flexibility index (Phi) is 2.90. The number of carbonyl (C=O) groups is 1. The van der Waals surface area contributed by atoms with Crippen LogP contribution in [0.4, 0.5) is 0 Å². The lowest BCUT2D eigenvalue weighted by Gasteiger charge is -2.08. The minimum absolute atomic E-state index is 0.00765. The predicted octanol–water partition coefficient (Wildman–Crippen LogP) is 2.61. The number of hydrogen-bond donors (Lipinski definition) is 1. The molecular weight excluding hydrogens is 262 g/mol. The van der Waals surface area contributed by atoms with Crippen LogP contribution in [0.1, 0.15) is 16.1 Å². The van der Waals surface area contributed by atoms with Gasteiger partial charge in [0.2, 0.25) is 12.7 Å². The molecule has 102 valence electrons. The molecule has 2 aromatic rings. The molecule has 3 rings (SSSR count). The number of aromatic carboxylic acids is 1. The zero-order valence-electron chi connectivity index (χ0n) is 10.6. The van der Waals surface area contributed by atoms with Crippen LogP contribution in [0.5, 0.6) is 23.1 Å². The minimum atomic E-state index is -1.09. The van der Waals surface area contributed by atoms with E-state index in [1.165, 1.54) is 6.07 Å².